The van der Waals surface area contributed by atoms with E-state index in [1.165, 1.54) is 24.0 Å². The second-order valence-corrected chi connectivity index (χ2v) is 6.85. The fourth-order valence-corrected chi connectivity index (χ4v) is 3.02. The molecule has 0 atom stereocenters. The summed E-state index contributed by atoms with van der Waals surface area (Å²) in [6.45, 7) is 2.07. The second kappa shape index (κ2) is 9.13. The van der Waals surface area contributed by atoms with Crippen LogP contribution in [-0.4, -0.2) is 5.97 Å². The van der Waals surface area contributed by atoms with E-state index in [2.05, 4.69) is 6.92 Å². The van der Waals surface area contributed by atoms with Gasteiger partial charge in [0.05, 0.1) is 5.39 Å². The minimum Gasteiger partial charge on any atom is -0.460 e. The number of fused-ring (bicyclic) bond motifs is 1. The molecule has 5 nitrogen and oxygen atoms in total. The van der Waals surface area contributed by atoms with E-state index in [0.717, 1.165) is 12.0 Å². The first kappa shape index (κ1) is 20.2. The fraction of sp³-hybridized carbons (Fsp3) is 0.0769. The summed E-state index contributed by atoms with van der Waals surface area (Å²) in [7, 11) is 0. The van der Waals surface area contributed by atoms with E-state index in [9.17, 15) is 9.59 Å². The lowest BCUT2D eigenvalue weighted by molar-refractivity contribution is -0.128. The van der Waals surface area contributed by atoms with Crippen LogP contribution >= 0.6 is 0 Å². The summed E-state index contributed by atoms with van der Waals surface area (Å²) >= 11 is 0. The molecule has 5 heteroatoms. The third-order valence-electron chi connectivity index (χ3n) is 4.70. The molecule has 1 heterocycles. The van der Waals surface area contributed by atoms with Crippen molar-refractivity contribution in [3.8, 4) is 17.2 Å². The van der Waals surface area contributed by atoms with Crippen molar-refractivity contribution in [2.24, 2.45) is 0 Å². The Bertz CT molecular complexity index is 1290. The van der Waals surface area contributed by atoms with E-state index in [4.69, 9.17) is 13.9 Å². The van der Waals surface area contributed by atoms with Crippen molar-refractivity contribution in [2.75, 3.05) is 0 Å². The van der Waals surface area contributed by atoms with Gasteiger partial charge in [-0.1, -0.05) is 49.4 Å². The van der Waals surface area contributed by atoms with Gasteiger partial charge in [-0.25, -0.2) is 4.79 Å². The van der Waals surface area contributed by atoms with Gasteiger partial charge in [0.25, 0.3) is 0 Å². The molecule has 0 aliphatic heterocycles. The minimum absolute atomic E-state index is 0.0901. The molecular weight excluding hydrogens is 392 g/mol. The summed E-state index contributed by atoms with van der Waals surface area (Å²) < 4.78 is 16.6. The van der Waals surface area contributed by atoms with Crippen LogP contribution in [-0.2, 0) is 11.2 Å². The first-order valence-electron chi connectivity index (χ1n) is 9.89. The Kier molecular flexibility index (Phi) is 5.94. The second-order valence-electron chi connectivity index (χ2n) is 6.85. The van der Waals surface area contributed by atoms with E-state index < -0.39 is 5.97 Å². The lowest BCUT2D eigenvalue weighted by atomic mass is 10.2. The van der Waals surface area contributed by atoms with Crippen molar-refractivity contribution in [1.82, 2.24) is 0 Å². The Labute approximate surface area is 179 Å². The van der Waals surface area contributed by atoms with Crippen LogP contribution in [0.1, 0.15) is 18.1 Å². The van der Waals surface area contributed by atoms with Crippen molar-refractivity contribution in [2.45, 2.75) is 13.3 Å². The number of aryl methyl sites for hydroxylation is 1. The molecule has 154 valence electrons. The third kappa shape index (κ3) is 4.90. The van der Waals surface area contributed by atoms with Gasteiger partial charge in [0.2, 0.25) is 11.2 Å². The van der Waals surface area contributed by atoms with Gasteiger partial charge in [-0.15, -0.1) is 0 Å². The number of carbonyl (C=O) groups excluding carboxylic acids is 1. The largest absolute Gasteiger partial charge is 0.460 e. The molecule has 0 saturated carbocycles. The first-order chi connectivity index (χ1) is 15.1. The van der Waals surface area contributed by atoms with Crippen molar-refractivity contribution >= 4 is 23.0 Å². The molecule has 31 heavy (non-hydrogen) atoms. The Balaban J connectivity index is 1.50. The lowest BCUT2D eigenvalue weighted by Crippen LogP contribution is -2.06. The molecule has 4 aromatic rings. The topological polar surface area (TPSA) is 65.7 Å². The Hall–Kier alpha value is -4.12. The average Bonchev–Trinajstić information content (AvgIpc) is 2.81. The minimum atomic E-state index is -0.527. The summed E-state index contributed by atoms with van der Waals surface area (Å²) in [5.41, 5.74) is 2.07. The van der Waals surface area contributed by atoms with Gasteiger partial charge in [-0.05, 0) is 47.9 Å². The van der Waals surface area contributed by atoms with E-state index >= 15 is 0 Å². The van der Waals surface area contributed by atoms with E-state index in [0.29, 0.717) is 16.7 Å². The van der Waals surface area contributed by atoms with Gasteiger partial charge in [-0.2, -0.15) is 0 Å². The molecule has 4 rings (SSSR count). The van der Waals surface area contributed by atoms with Crippen LogP contribution in [0.4, 0.5) is 0 Å². The third-order valence-corrected chi connectivity index (χ3v) is 4.70. The molecule has 0 aliphatic carbocycles. The summed E-state index contributed by atoms with van der Waals surface area (Å²) in [6.07, 6.45) is 5.20. The van der Waals surface area contributed by atoms with Crippen LogP contribution < -0.4 is 14.9 Å². The molecule has 0 spiro atoms. The maximum Gasteiger partial charge on any atom is 0.336 e. The Morgan fingerprint density at radius 2 is 1.71 bits per heavy atom. The summed E-state index contributed by atoms with van der Waals surface area (Å²) in [6, 6.07) is 21.6. The average molecular weight is 412 g/mol. The molecule has 0 aliphatic rings. The number of ether oxygens (including phenoxy) is 2. The summed E-state index contributed by atoms with van der Waals surface area (Å²) in [4.78, 5) is 24.8. The number of carbonyl (C=O) groups is 1. The van der Waals surface area contributed by atoms with Crippen LogP contribution in [0.5, 0.6) is 17.2 Å². The molecule has 0 amide bonds. The standard InChI is InChI=1S/C26H20O5/c1-2-18-8-11-20(12-9-18)30-24-17-29-23-16-21(13-14-22(23)26(24)28)31-25(27)15-10-19-6-4-3-5-7-19/h3-17H,2H2,1H3/b15-10+. The van der Waals surface area contributed by atoms with Gasteiger partial charge < -0.3 is 13.9 Å². The molecule has 0 fully saturated rings. The molecule has 0 bridgehead atoms. The number of rotatable bonds is 6. The van der Waals surface area contributed by atoms with Crippen LogP contribution in [0.2, 0.25) is 0 Å². The predicted octanol–water partition coefficient (Wildman–Crippen LogP) is 5.77. The Morgan fingerprint density at radius 1 is 0.968 bits per heavy atom. The van der Waals surface area contributed by atoms with E-state index in [1.807, 2.05) is 54.6 Å². The zero-order chi connectivity index (χ0) is 21.6. The zero-order valence-electron chi connectivity index (χ0n) is 16.9. The van der Waals surface area contributed by atoms with Gasteiger partial charge >= 0.3 is 5.97 Å². The zero-order valence-corrected chi connectivity index (χ0v) is 16.9. The smallest absolute Gasteiger partial charge is 0.336 e. The Morgan fingerprint density at radius 3 is 2.45 bits per heavy atom. The van der Waals surface area contributed by atoms with Crippen molar-refractivity contribution in [1.29, 1.82) is 0 Å². The van der Waals surface area contributed by atoms with Crippen LogP contribution in [0.3, 0.4) is 0 Å². The van der Waals surface area contributed by atoms with Crippen LogP contribution in [0, 0.1) is 0 Å². The highest BCUT2D eigenvalue weighted by molar-refractivity contribution is 5.89. The van der Waals surface area contributed by atoms with E-state index in [-0.39, 0.29) is 16.9 Å². The number of hydrogen-bond acceptors (Lipinski definition) is 5. The normalized spacial score (nSPS) is 11.0. The summed E-state index contributed by atoms with van der Waals surface area (Å²) in [5.74, 6) is 0.398. The summed E-state index contributed by atoms with van der Waals surface area (Å²) in [5, 5.41) is 0.335. The van der Waals surface area contributed by atoms with E-state index in [1.54, 1.807) is 18.2 Å². The van der Waals surface area contributed by atoms with Gasteiger partial charge in [0.1, 0.15) is 23.3 Å². The molecule has 0 N–H and O–H groups in total. The first-order valence-corrected chi connectivity index (χ1v) is 9.89. The predicted molar refractivity (Wildman–Crippen MR) is 119 cm³/mol. The SMILES string of the molecule is CCc1ccc(Oc2coc3cc(OC(=O)/C=C/c4ccccc4)ccc3c2=O)cc1. The van der Waals surface area contributed by atoms with Crippen LogP contribution in [0.25, 0.3) is 17.0 Å². The van der Waals surface area contributed by atoms with Crippen molar-refractivity contribution < 1.29 is 18.7 Å². The fourth-order valence-electron chi connectivity index (χ4n) is 3.02. The van der Waals surface area contributed by atoms with Gasteiger partial charge in [0.15, 0.2) is 0 Å². The lowest BCUT2D eigenvalue weighted by Gasteiger charge is -2.07. The number of esters is 1. The highest BCUT2D eigenvalue weighted by atomic mass is 16.5. The van der Waals surface area contributed by atoms with Gasteiger partial charge in [0, 0.05) is 12.1 Å². The van der Waals surface area contributed by atoms with Crippen molar-refractivity contribution in [3.05, 3.63) is 106 Å². The maximum atomic E-state index is 12.7. The number of benzene rings is 3. The van der Waals surface area contributed by atoms with Crippen LogP contribution in [0.15, 0.2) is 94.3 Å². The molecule has 3 aromatic carbocycles. The van der Waals surface area contributed by atoms with Crippen molar-refractivity contribution in [3.63, 3.8) is 0 Å². The molecule has 1 aromatic heterocycles. The molecule has 0 unspecified atom stereocenters. The molecular formula is C26H20O5. The quantitative estimate of drug-likeness (QED) is 0.229. The highest BCUT2D eigenvalue weighted by Gasteiger charge is 2.11. The monoisotopic (exact) mass is 412 g/mol. The maximum absolute atomic E-state index is 12.7. The molecule has 0 saturated heterocycles. The highest BCUT2D eigenvalue weighted by Crippen LogP contribution is 2.24. The number of hydrogen-bond donors (Lipinski definition) is 0. The van der Waals surface area contributed by atoms with Gasteiger partial charge in [-0.3, -0.25) is 4.79 Å². The molecule has 0 radical (unpaired) electrons.